The number of aromatic nitrogens is 2. The van der Waals surface area contributed by atoms with Crippen molar-refractivity contribution in [2.45, 2.75) is 19.9 Å². The van der Waals surface area contributed by atoms with Crippen LogP contribution < -0.4 is 5.32 Å². The van der Waals surface area contributed by atoms with Gasteiger partial charge in [-0.2, -0.15) is 5.10 Å². The van der Waals surface area contributed by atoms with E-state index in [1.54, 1.807) is 0 Å². The van der Waals surface area contributed by atoms with Crippen LogP contribution in [0.5, 0.6) is 0 Å². The van der Waals surface area contributed by atoms with Gasteiger partial charge in [-0.25, -0.2) is 0 Å². The molecule has 0 fully saturated rings. The number of nitrogens with zero attached hydrogens (tertiary/aromatic N) is 2. The molecule has 0 aliphatic carbocycles. The van der Waals surface area contributed by atoms with Gasteiger partial charge in [0.15, 0.2) is 0 Å². The lowest BCUT2D eigenvalue weighted by Gasteiger charge is -2.08. The summed E-state index contributed by atoms with van der Waals surface area (Å²) in [5.41, 5.74) is 1.20. The Labute approximate surface area is 100 Å². The number of aryl methyl sites for hydroxylation is 1. The van der Waals surface area contributed by atoms with Crippen LogP contribution in [0.4, 0.5) is 0 Å². The third-order valence-electron chi connectivity index (χ3n) is 2.55. The summed E-state index contributed by atoms with van der Waals surface area (Å²) in [5, 5.41) is 7.61. The molecule has 2 aromatic rings. The monoisotopic (exact) mass is 235 g/mol. The van der Waals surface area contributed by atoms with Crippen LogP contribution in [0, 0.1) is 0 Å². The van der Waals surface area contributed by atoms with Crippen LogP contribution in [0.15, 0.2) is 24.5 Å². The quantitative estimate of drug-likeness (QED) is 0.883. The standard InChI is InChI=1S/C12H17N3S/c1-4-13-9(2)11-5-6-12(16-11)10-7-14-15(3)8-10/h5-9,13H,4H2,1-3H3. The van der Waals surface area contributed by atoms with Gasteiger partial charge in [0.1, 0.15) is 0 Å². The predicted molar refractivity (Wildman–Crippen MR) is 68.6 cm³/mol. The van der Waals surface area contributed by atoms with Gasteiger partial charge >= 0.3 is 0 Å². The van der Waals surface area contributed by atoms with E-state index in [-0.39, 0.29) is 0 Å². The smallest absolute Gasteiger partial charge is 0.0576 e. The van der Waals surface area contributed by atoms with Gasteiger partial charge in [-0.15, -0.1) is 11.3 Å². The molecule has 1 atom stereocenters. The first-order valence-corrected chi connectivity index (χ1v) is 6.34. The summed E-state index contributed by atoms with van der Waals surface area (Å²) < 4.78 is 1.84. The molecule has 4 heteroatoms. The summed E-state index contributed by atoms with van der Waals surface area (Å²) in [5.74, 6) is 0. The molecule has 0 saturated carbocycles. The number of nitrogens with one attached hydrogen (secondary N) is 1. The first-order valence-electron chi connectivity index (χ1n) is 5.53. The first kappa shape index (κ1) is 11.4. The molecule has 0 bridgehead atoms. The molecule has 1 unspecified atom stereocenters. The largest absolute Gasteiger partial charge is 0.310 e. The van der Waals surface area contributed by atoms with Gasteiger partial charge in [-0.1, -0.05) is 6.92 Å². The summed E-state index contributed by atoms with van der Waals surface area (Å²) >= 11 is 1.83. The summed E-state index contributed by atoms with van der Waals surface area (Å²) in [6.07, 6.45) is 3.96. The molecule has 86 valence electrons. The van der Waals surface area contributed by atoms with Gasteiger partial charge in [0.25, 0.3) is 0 Å². The van der Waals surface area contributed by atoms with Crippen molar-refractivity contribution in [2.24, 2.45) is 7.05 Å². The number of hydrogen-bond donors (Lipinski definition) is 1. The van der Waals surface area contributed by atoms with Crippen molar-refractivity contribution in [1.29, 1.82) is 0 Å². The molecule has 0 aromatic carbocycles. The molecule has 0 amide bonds. The summed E-state index contributed by atoms with van der Waals surface area (Å²) in [7, 11) is 1.94. The maximum absolute atomic E-state index is 4.19. The van der Waals surface area contributed by atoms with Crippen molar-refractivity contribution < 1.29 is 0 Å². The molecular formula is C12H17N3S. The van der Waals surface area contributed by atoms with Crippen LogP contribution in [-0.2, 0) is 7.05 Å². The summed E-state index contributed by atoms with van der Waals surface area (Å²) in [6.45, 7) is 5.33. The van der Waals surface area contributed by atoms with Crippen molar-refractivity contribution in [3.05, 3.63) is 29.4 Å². The van der Waals surface area contributed by atoms with Crippen molar-refractivity contribution in [1.82, 2.24) is 15.1 Å². The van der Waals surface area contributed by atoms with E-state index >= 15 is 0 Å². The van der Waals surface area contributed by atoms with E-state index in [4.69, 9.17) is 0 Å². The van der Waals surface area contributed by atoms with Crippen molar-refractivity contribution in [3.63, 3.8) is 0 Å². The Bertz CT molecular complexity index is 458. The second-order valence-corrected chi connectivity index (χ2v) is 5.00. The van der Waals surface area contributed by atoms with Crippen LogP contribution in [-0.4, -0.2) is 16.3 Å². The van der Waals surface area contributed by atoms with Gasteiger partial charge in [0, 0.05) is 34.6 Å². The molecule has 3 nitrogen and oxygen atoms in total. The van der Waals surface area contributed by atoms with E-state index in [1.807, 2.05) is 35.5 Å². The fourth-order valence-corrected chi connectivity index (χ4v) is 2.71. The second kappa shape index (κ2) is 4.80. The SMILES string of the molecule is CCNC(C)c1ccc(-c2cnn(C)c2)s1. The van der Waals surface area contributed by atoms with E-state index in [2.05, 4.69) is 36.4 Å². The van der Waals surface area contributed by atoms with Gasteiger partial charge in [-0.05, 0) is 25.6 Å². The fraction of sp³-hybridized carbons (Fsp3) is 0.417. The normalized spacial score (nSPS) is 12.9. The first-order chi connectivity index (χ1) is 7.70. The highest BCUT2D eigenvalue weighted by Crippen LogP contribution is 2.30. The van der Waals surface area contributed by atoms with E-state index in [9.17, 15) is 0 Å². The Morgan fingerprint density at radius 3 is 2.94 bits per heavy atom. The van der Waals surface area contributed by atoms with Crippen molar-refractivity contribution >= 4 is 11.3 Å². The Balaban J connectivity index is 2.19. The molecule has 0 saturated heterocycles. The molecule has 0 aliphatic rings. The van der Waals surface area contributed by atoms with Gasteiger partial charge in [-0.3, -0.25) is 4.68 Å². The number of thiophene rings is 1. The van der Waals surface area contributed by atoms with E-state index in [0.29, 0.717) is 6.04 Å². The zero-order valence-electron chi connectivity index (χ0n) is 9.90. The molecule has 16 heavy (non-hydrogen) atoms. The maximum Gasteiger partial charge on any atom is 0.0576 e. The molecule has 1 N–H and O–H groups in total. The van der Waals surface area contributed by atoms with Gasteiger partial charge in [0.05, 0.1) is 6.20 Å². The van der Waals surface area contributed by atoms with E-state index < -0.39 is 0 Å². The summed E-state index contributed by atoms with van der Waals surface area (Å²) in [6, 6.07) is 4.80. The minimum Gasteiger partial charge on any atom is -0.310 e. The average Bonchev–Trinajstić information content (AvgIpc) is 2.85. The highest BCUT2D eigenvalue weighted by molar-refractivity contribution is 7.15. The zero-order chi connectivity index (χ0) is 11.5. The fourth-order valence-electron chi connectivity index (χ4n) is 1.70. The molecule has 2 rings (SSSR count). The zero-order valence-corrected chi connectivity index (χ0v) is 10.7. The van der Waals surface area contributed by atoms with Crippen LogP contribution in [0.1, 0.15) is 24.8 Å². The Morgan fingerprint density at radius 1 is 1.50 bits per heavy atom. The minimum atomic E-state index is 0.431. The molecule has 2 heterocycles. The van der Waals surface area contributed by atoms with Gasteiger partial charge < -0.3 is 5.32 Å². The lowest BCUT2D eigenvalue weighted by Crippen LogP contribution is -2.16. The van der Waals surface area contributed by atoms with Crippen molar-refractivity contribution in [2.75, 3.05) is 6.54 Å². The van der Waals surface area contributed by atoms with Crippen LogP contribution in [0.3, 0.4) is 0 Å². The molecule has 0 aliphatic heterocycles. The Hall–Kier alpha value is -1.13. The molecular weight excluding hydrogens is 218 g/mol. The molecule has 0 spiro atoms. The maximum atomic E-state index is 4.19. The average molecular weight is 235 g/mol. The van der Waals surface area contributed by atoms with E-state index in [1.165, 1.54) is 15.3 Å². The van der Waals surface area contributed by atoms with Crippen molar-refractivity contribution in [3.8, 4) is 10.4 Å². The minimum absolute atomic E-state index is 0.431. The van der Waals surface area contributed by atoms with Gasteiger partial charge in [0.2, 0.25) is 0 Å². The predicted octanol–water partition coefficient (Wildman–Crippen LogP) is 2.82. The van der Waals surface area contributed by atoms with Crippen LogP contribution >= 0.6 is 11.3 Å². The topological polar surface area (TPSA) is 29.9 Å². The lowest BCUT2D eigenvalue weighted by molar-refractivity contribution is 0.607. The third-order valence-corrected chi connectivity index (χ3v) is 3.87. The Morgan fingerprint density at radius 2 is 2.31 bits per heavy atom. The number of hydrogen-bond acceptors (Lipinski definition) is 3. The van der Waals surface area contributed by atoms with Crippen LogP contribution in [0.25, 0.3) is 10.4 Å². The van der Waals surface area contributed by atoms with Crippen LogP contribution in [0.2, 0.25) is 0 Å². The molecule has 0 radical (unpaired) electrons. The molecule has 2 aromatic heterocycles. The highest BCUT2D eigenvalue weighted by Gasteiger charge is 2.09. The Kier molecular flexibility index (Phi) is 3.41. The third kappa shape index (κ3) is 2.33. The van der Waals surface area contributed by atoms with E-state index in [0.717, 1.165) is 6.54 Å². The second-order valence-electron chi connectivity index (χ2n) is 3.88. The lowest BCUT2D eigenvalue weighted by atomic mass is 10.2. The number of rotatable bonds is 4. The highest BCUT2D eigenvalue weighted by atomic mass is 32.1. The summed E-state index contributed by atoms with van der Waals surface area (Å²) in [4.78, 5) is 2.66.